The van der Waals surface area contributed by atoms with Crippen molar-refractivity contribution in [2.24, 2.45) is 5.84 Å². The molecule has 2 aromatic rings. The van der Waals surface area contributed by atoms with Crippen molar-refractivity contribution in [1.29, 1.82) is 0 Å². The Morgan fingerprint density at radius 1 is 1.11 bits per heavy atom. The number of aromatic nitrogens is 1. The standard InChI is InChI=1S/C13H14Cl2N4/c1-8-2-4-9(5-3-8)7-17-12-10(14)6-11(15)13(18-12)19-16/h2-6H,7,16H2,1H3,(H2,17,18,19). The van der Waals surface area contributed by atoms with E-state index in [2.05, 4.69) is 27.9 Å². The molecule has 0 aliphatic heterocycles. The van der Waals surface area contributed by atoms with E-state index in [1.165, 1.54) is 5.56 Å². The van der Waals surface area contributed by atoms with E-state index in [4.69, 9.17) is 29.0 Å². The van der Waals surface area contributed by atoms with Gasteiger partial charge in [0.25, 0.3) is 0 Å². The van der Waals surface area contributed by atoms with Crippen LogP contribution in [0.25, 0.3) is 0 Å². The molecule has 0 saturated carbocycles. The molecule has 1 aromatic heterocycles. The quantitative estimate of drug-likeness (QED) is 0.596. The van der Waals surface area contributed by atoms with E-state index in [0.29, 0.717) is 28.2 Å². The minimum Gasteiger partial charge on any atom is -0.365 e. The summed E-state index contributed by atoms with van der Waals surface area (Å²) in [5.41, 5.74) is 4.79. The van der Waals surface area contributed by atoms with Crippen LogP contribution in [0.2, 0.25) is 10.0 Å². The zero-order valence-corrected chi connectivity index (χ0v) is 11.9. The van der Waals surface area contributed by atoms with Crippen molar-refractivity contribution in [2.45, 2.75) is 13.5 Å². The van der Waals surface area contributed by atoms with Gasteiger partial charge in [-0.15, -0.1) is 0 Å². The van der Waals surface area contributed by atoms with Crippen LogP contribution in [-0.2, 0) is 6.54 Å². The first-order chi connectivity index (χ1) is 9.10. The van der Waals surface area contributed by atoms with Gasteiger partial charge in [-0.1, -0.05) is 53.0 Å². The highest BCUT2D eigenvalue weighted by Gasteiger charge is 2.08. The third-order valence-corrected chi connectivity index (χ3v) is 3.22. The van der Waals surface area contributed by atoms with Crippen LogP contribution in [0, 0.1) is 6.92 Å². The minimum absolute atomic E-state index is 0.383. The molecule has 0 unspecified atom stereocenters. The van der Waals surface area contributed by atoms with E-state index in [-0.39, 0.29) is 0 Å². The highest BCUT2D eigenvalue weighted by Crippen LogP contribution is 2.28. The smallest absolute Gasteiger partial charge is 0.161 e. The number of rotatable bonds is 4. The van der Waals surface area contributed by atoms with Crippen LogP contribution >= 0.6 is 23.2 Å². The van der Waals surface area contributed by atoms with Gasteiger partial charge < -0.3 is 10.7 Å². The molecule has 1 heterocycles. The predicted molar refractivity (Wildman–Crippen MR) is 80.6 cm³/mol. The van der Waals surface area contributed by atoms with E-state index in [0.717, 1.165) is 5.56 Å². The number of anilines is 2. The van der Waals surface area contributed by atoms with Gasteiger partial charge in [0.2, 0.25) is 0 Å². The molecule has 100 valence electrons. The molecule has 6 heteroatoms. The molecule has 0 radical (unpaired) electrons. The molecule has 0 bridgehead atoms. The van der Waals surface area contributed by atoms with Crippen LogP contribution in [0.15, 0.2) is 30.3 Å². The lowest BCUT2D eigenvalue weighted by molar-refractivity contribution is 1.10. The monoisotopic (exact) mass is 296 g/mol. The molecule has 0 atom stereocenters. The number of nitrogens with one attached hydrogen (secondary N) is 2. The molecule has 1 aromatic carbocycles. The summed E-state index contributed by atoms with van der Waals surface area (Å²) in [6.07, 6.45) is 0. The summed E-state index contributed by atoms with van der Waals surface area (Å²) in [6, 6.07) is 9.81. The Bertz CT molecular complexity index is 570. The predicted octanol–water partition coefficient (Wildman–Crippen LogP) is 3.59. The normalized spacial score (nSPS) is 10.3. The SMILES string of the molecule is Cc1ccc(CNc2nc(NN)c(Cl)cc2Cl)cc1. The largest absolute Gasteiger partial charge is 0.365 e. The molecule has 4 nitrogen and oxygen atoms in total. The maximum absolute atomic E-state index is 6.07. The molecule has 0 aliphatic rings. The average molecular weight is 297 g/mol. The van der Waals surface area contributed by atoms with E-state index in [1.807, 2.05) is 19.1 Å². The topological polar surface area (TPSA) is 63.0 Å². The third kappa shape index (κ3) is 3.50. The van der Waals surface area contributed by atoms with Crippen molar-refractivity contribution in [1.82, 2.24) is 4.98 Å². The summed E-state index contributed by atoms with van der Waals surface area (Å²) in [5.74, 6) is 6.25. The summed E-state index contributed by atoms with van der Waals surface area (Å²) >= 11 is 12.0. The summed E-state index contributed by atoms with van der Waals surface area (Å²) < 4.78 is 0. The number of aryl methyl sites for hydroxylation is 1. The van der Waals surface area contributed by atoms with Crippen molar-refractivity contribution in [3.8, 4) is 0 Å². The highest BCUT2D eigenvalue weighted by molar-refractivity contribution is 6.37. The van der Waals surface area contributed by atoms with Gasteiger partial charge in [0, 0.05) is 6.54 Å². The first-order valence-electron chi connectivity index (χ1n) is 5.72. The van der Waals surface area contributed by atoms with Gasteiger partial charge in [-0.05, 0) is 18.6 Å². The molecular weight excluding hydrogens is 283 g/mol. The fraction of sp³-hybridized carbons (Fsp3) is 0.154. The first kappa shape index (κ1) is 13.9. The van der Waals surface area contributed by atoms with Crippen molar-refractivity contribution in [3.05, 3.63) is 51.5 Å². The third-order valence-electron chi connectivity index (χ3n) is 2.65. The molecule has 0 fully saturated rings. The second kappa shape index (κ2) is 6.10. The summed E-state index contributed by atoms with van der Waals surface area (Å²) in [6.45, 7) is 2.67. The maximum atomic E-state index is 6.07. The van der Waals surface area contributed by atoms with E-state index < -0.39 is 0 Å². The molecule has 2 rings (SSSR count). The fourth-order valence-electron chi connectivity index (χ4n) is 1.58. The minimum atomic E-state index is 0.383. The lowest BCUT2D eigenvalue weighted by Crippen LogP contribution is -2.11. The lowest BCUT2D eigenvalue weighted by Gasteiger charge is -2.10. The second-order valence-electron chi connectivity index (χ2n) is 4.13. The first-order valence-corrected chi connectivity index (χ1v) is 6.48. The summed E-state index contributed by atoms with van der Waals surface area (Å²) in [5, 5.41) is 3.99. The van der Waals surface area contributed by atoms with Crippen LogP contribution in [0.1, 0.15) is 11.1 Å². The van der Waals surface area contributed by atoms with Gasteiger partial charge in [-0.25, -0.2) is 10.8 Å². The van der Waals surface area contributed by atoms with Crippen LogP contribution < -0.4 is 16.6 Å². The highest BCUT2D eigenvalue weighted by atomic mass is 35.5. The van der Waals surface area contributed by atoms with Gasteiger partial charge in [0.1, 0.15) is 5.82 Å². The Labute approximate surface area is 121 Å². The molecule has 19 heavy (non-hydrogen) atoms. The number of hydrogen-bond acceptors (Lipinski definition) is 4. The maximum Gasteiger partial charge on any atom is 0.161 e. The van der Waals surface area contributed by atoms with E-state index in [9.17, 15) is 0 Å². The number of hydrogen-bond donors (Lipinski definition) is 3. The van der Waals surface area contributed by atoms with Gasteiger partial charge >= 0.3 is 0 Å². The molecule has 0 aliphatic carbocycles. The average Bonchev–Trinajstić information content (AvgIpc) is 2.40. The van der Waals surface area contributed by atoms with Crippen molar-refractivity contribution < 1.29 is 0 Å². The fourth-order valence-corrected chi connectivity index (χ4v) is 2.06. The number of nitrogens with zero attached hydrogens (tertiary/aromatic N) is 1. The number of benzene rings is 1. The Hall–Kier alpha value is -1.49. The zero-order valence-electron chi connectivity index (χ0n) is 10.4. The van der Waals surface area contributed by atoms with Gasteiger partial charge in [-0.3, -0.25) is 0 Å². The molecule has 4 N–H and O–H groups in total. The van der Waals surface area contributed by atoms with Gasteiger partial charge in [-0.2, -0.15) is 0 Å². The number of pyridine rings is 1. The lowest BCUT2D eigenvalue weighted by atomic mass is 10.1. The number of hydrazine groups is 1. The Kier molecular flexibility index (Phi) is 4.47. The van der Waals surface area contributed by atoms with Crippen molar-refractivity contribution >= 4 is 34.8 Å². The molecular formula is C13H14Cl2N4. The Balaban J connectivity index is 2.13. The molecule has 0 amide bonds. The van der Waals surface area contributed by atoms with Gasteiger partial charge in [0.05, 0.1) is 10.0 Å². The Morgan fingerprint density at radius 2 is 1.74 bits per heavy atom. The molecule has 0 spiro atoms. The summed E-state index contributed by atoms with van der Waals surface area (Å²) in [4.78, 5) is 4.21. The summed E-state index contributed by atoms with van der Waals surface area (Å²) in [7, 11) is 0. The van der Waals surface area contributed by atoms with Crippen molar-refractivity contribution in [3.63, 3.8) is 0 Å². The number of halogens is 2. The van der Waals surface area contributed by atoms with Gasteiger partial charge in [0.15, 0.2) is 5.82 Å². The zero-order chi connectivity index (χ0) is 13.8. The van der Waals surface area contributed by atoms with E-state index >= 15 is 0 Å². The van der Waals surface area contributed by atoms with Crippen LogP contribution in [0.5, 0.6) is 0 Å². The van der Waals surface area contributed by atoms with E-state index in [1.54, 1.807) is 6.07 Å². The number of nitrogens with two attached hydrogens (primary N) is 1. The number of nitrogen functional groups attached to an aromatic ring is 1. The second-order valence-corrected chi connectivity index (χ2v) is 4.95. The Morgan fingerprint density at radius 3 is 2.37 bits per heavy atom. The van der Waals surface area contributed by atoms with Crippen LogP contribution in [-0.4, -0.2) is 4.98 Å². The van der Waals surface area contributed by atoms with Crippen LogP contribution in [0.3, 0.4) is 0 Å². The molecule has 0 saturated heterocycles. The van der Waals surface area contributed by atoms with Crippen molar-refractivity contribution in [2.75, 3.05) is 10.7 Å². The van der Waals surface area contributed by atoms with Crippen LogP contribution in [0.4, 0.5) is 11.6 Å².